The van der Waals surface area contributed by atoms with Crippen LogP contribution in [-0.2, 0) is 11.0 Å². The van der Waals surface area contributed by atoms with E-state index in [1.165, 1.54) is 31.9 Å². The Labute approximate surface area is 243 Å². The summed E-state index contributed by atoms with van der Waals surface area (Å²) in [5.41, 5.74) is 2.44. The lowest BCUT2D eigenvalue weighted by Crippen LogP contribution is -2.40. The number of amides is 1. The van der Waals surface area contributed by atoms with E-state index in [2.05, 4.69) is 50.8 Å². The lowest BCUT2D eigenvalue weighted by atomic mass is 9.85. The van der Waals surface area contributed by atoms with Gasteiger partial charge in [-0.2, -0.15) is 13.2 Å². The van der Waals surface area contributed by atoms with Gasteiger partial charge >= 0.3 is 6.18 Å². The number of rotatable bonds is 6. The minimum absolute atomic E-state index is 0.124. The molecular weight excluding hydrogens is 539 g/mol. The SMILES string of the molecule is Cc1ccc(NC(=O)[C@H]2CCCN[C@H]2c2ccc(N(c3ncnc4ccccc34)C3CCCC3)cc2)cc1C(F)(F)F. The summed E-state index contributed by atoms with van der Waals surface area (Å²) in [5.74, 6) is 0.190. The number of fused-ring (bicyclic) bond motifs is 1. The van der Waals surface area contributed by atoms with Crippen molar-refractivity contribution in [1.82, 2.24) is 15.3 Å². The van der Waals surface area contributed by atoms with Crippen LogP contribution in [0.3, 0.4) is 0 Å². The van der Waals surface area contributed by atoms with E-state index in [0.717, 1.165) is 59.8 Å². The number of nitrogens with one attached hydrogen (secondary N) is 2. The molecule has 0 bridgehead atoms. The van der Waals surface area contributed by atoms with Crippen LogP contribution in [-0.4, -0.2) is 28.5 Å². The number of halogens is 3. The minimum atomic E-state index is -4.48. The summed E-state index contributed by atoms with van der Waals surface area (Å²) in [6.45, 7) is 2.18. The normalized spacial score (nSPS) is 19.6. The van der Waals surface area contributed by atoms with E-state index in [0.29, 0.717) is 12.5 Å². The Bertz CT molecular complexity index is 1560. The highest BCUT2D eigenvalue weighted by Gasteiger charge is 2.35. The molecule has 1 saturated carbocycles. The van der Waals surface area contributed by atoms with Crippen molar-refractivity contribution >= 4 is 34.0 Å². The Morgan fingerprint density at radius 1 is 0.952 bits per heavy atom. The van der Waals surface area contributed by atoms with E-state index in [1.54, 1.807) is 6.33 Å². The molecular formula is C33H34F3N5O. The quantitative estimate of drug-likeness (QED) is 0.247. The first-order valence-corrected chi connectivity index (χ1v) is 14.6. The molecule has 218 valence electrons. The second-order valence-electron chi connectivity index (χ2n) is 11.3. The first-order chi connectivity index (χ1) is 20.3. The molecule has 1 saturated heterocycles. The maximum absolute atomic E-state index is 13.4. The second kappa shape index (κ2) is 11.7. The summed E-state index contributed by atoms with van der Waals surface area (Å²) < 4.78 is 40.3. The van der Waals surface area contributed by atoms with Gasteiger partial charge in [-0.1, -0.05) is 43.2 Å². The molecule has 42 heavy (non-hydrogen) atoms. The third kappa shape index (κ3) is 5.70. The number of aryl methyl sites for hydroxylation is 1. The van der Waals surface area contributed by atoms with Crippen molar-refractivity contribution in [1.29, 1.82) is 0 Å². The lowest BCUT2D eigenvalue weighted by molar-refractivity contribution is -0.138. The van der Waals surface area contributed by atoms with E-state index in [4.69, 9.17) is 4.98 Å². The van der Waals surface area contributed by atoms with Crippen LogP contribution >= 0.6 is 0 Å². The largest absolute Gasteiger partial charge is 0.416 e. The molecule has 0 unspecified atom stereocenters. The zero-order valence-electron chi connectivity index (χ0n) is 23.5. The topological polar surface area (TPSA) is 70.2 Å². The Morgan fingerprint density at radius 3 is 2.48 bits per heavy atom. The van der Waals surface area contributed by atoms with Crippen LogP contribution < -0.4 is 15.5 Å². The summed E-state index contributed by atoms with van der Waals surface area (Å²) in [6, 6.07) is 20.3. The number of benzene rings is 3. The van der Waals surface area contributed by atoms with Gasteiger partial charge in [-0.05, 0) is 86.7 Å². The third-order valence-electron chi connectivity index (χ3n) is 8.58. The zero-order chi connectivity index (χ0) is 29.3. The van der Waals surface area contributed by atoms with E-state index < -0.39 is 17.7 Å². The van der Waals surface area contributed by atoms with Crippen LogP contribution in [0.15, 0.2) is 73.1 Å². The molecule has 2 fully saturated rings. The van der Waals surface area contributed by atoms with E-state index in [1.807, 2.05) is 18.2 Å². The zero-order valence-corrected chi connectivity index (χ0v) is 23.5. The second-order valence-corrected chi connectivity index (χ2v) is 11.3. The number of carbonyl (C=O) groups excluding carboxylic acids is 1. The summed E-state index contributed by atoms with van der Waals surface area (Å²) in [6.07, 6.45) is 3.12. The number of carbonyl (C=O) groups is 1. The van der Waals surface area contributed by atoms with Crippen molar-refractivity contribution in [2.75, 3.05) is 16.8 Å². The number of anilines is 3. The summed E-state index contributed by atoms with van der Waals surface area (Å²) in [4.78, 5) is 24.9. The van der Waals surface area contributed by atoms with Crippen LogP contribution in [0.5, 0.6) is 0 Å². The Balaban J connectivity index is 1.27. The Morgan fingerprint density at radius 2 is 1.71 bits per heavy atom. The molecule has 1 aliphatic heterocycles. The number of aromatic nitrogens is 2. The fraction of sp³-hybridized carbons (Fsp3) is 0.364. The summed E-state index contributed by atoms with van der Waals surface area (Å²) in [5, 5.41) is 7.24. The highest BCUT2D eigenvalue weighted by atomic mass is 19.4. The van der Waals surface area contributed by atoms with Gasteiger partial charge in [0.15, 0.2) is 0 Å². The van der Waals surface area contributed by atoms with Crippen molar-refractivity contribution in [3.63, 3.8) is 0 Å². The van der Waals surface area contributed by atoms with Crippen LogP contribution in [0.25, 0.3) is 10.9 Å². The van der Waals surface area contributed by atoms with Gasteiger partial charge in [0.1, 0.15) is 12.1 Å². The monoisotopic (exact) mass is 573 g/mol. The van der Waals surface area contributed by atoms with Gasteiger partial charge in [-0.15, -0.1) is 0 Å². The van der Waals surface area contributed by atoms with Gasteiger partial charge in [0, 0.05) is 28.8 Å². The van der Waals surface area contributed by atoms with Gasteiger partial charge in [0.2, 0.25) is 5.91 Å². The fourth-order valence-corrected chi connectivity index (χ4v) is 6.45. The number of hydrogen-bond acceptors (Lipinski definition) is 5. The van der Waals surface area contributed by atoms with Crippen LogP contribution in [0, 0.1) is 12.8 Å². The molecule has 1 aliphatic carbocycles. The molecule has 2 N–H and O–H groups in total. The van der Waals surface area contributed by atoms with E-state index >= 15 is 0 Å². The number of alkyl halides is 3. The Kier molecular flexibility index (Phi) is 7.86. The first kappa shape index (κ1) is 28.2. The Hall–Kier alpha value is -3.98. The molecule has 0 radical (unpaired) electrons. The van der Waals surface area contributed by atoms with Crippen molar-refractivity contribution in [3.8, 4) is 0 Å². The van der Waals surface area contributed by atoms with Crippen LogP contribution in [0.1, 0.15) is 61.3 Å². The molecule has 1 aromatic heterocycles. The fourth-order valence-electron chi connectivity index (χ4n) is 6.45. The van der Waals surface area contributed by atoms with Crippen molar-refractivity contribution in [2.24, 2.45) is 5.92 Å². The third-order valence-corrected chi connectivity index (χ3v) is 8.58. The van der Waals surface area contributed by atoms with E-state index in [9.17, 15) is 18.0 Å². The summed E-state index contributed by atoms with van der Waals surface area (Å²) >= 11 is 0. The molecule has 2 atom stereocenters. The molecule has 3 aromatic carbocycles. The molecule has 2 heterocycles. The molecule has 6 nitrogen and oxygen atoms in total. The van der Waals surface area contributed by atoms with E-state index in [-0.39, 0.29) is 23.2 Å². The van der Waals surface area contributed by atoms with Crippen molar-refractivity contribution in [3.05, 3.63) is 89.7 Å². The van der Waals surface area contributed by atoms with Gasteiger partial charge in [-0.25, -0.2) is 9.97 Å². The predicted molar refractivity (Wildman–Crippen MR) is 159 cm³/mol. The highest BCUT2D eigenvalue weighted by molar-refractivity contribution is 5.93. The van der Waals surface area contributed by atoms with Gasteiger partial charge in [0.05, 0.1) is 17.0 Å². The van der Waals surface area contributed by atoms with Crippen molar-refractivity contribution < 1.29 is 18.0 Å². The molecule has 2 aliphatic rings. The maximum Gasteiger partial charge on any atom is 0.416 e. The smallest absolute Gasteiger partial charge is 0.326 e. The molecule has 0 spiro atoms. The molecule has 9 heteroatoms. The van der Waals surface area contributed by atoms with Gasteiger partial charge in [0.25, 0.3) is 0 Å². The lowest BCUT2D eigenvalue weighted by Gasteiger charge is -2.34. The number of piperidine rings is 1. The van der Waals surface area contributed by atoms with Gasteiger partial charge in [-0.3, -0.25) is 4.79 Å². The average molecular weight is 574 g/mol. The van der Waals surface area contributed by atoms with Crippen LogP contribution in [0.4, 0.5) is 30.4 Å². The van der Waals surface area contributed by atoms with Crippen molar-refractivity contribution in [2.45, 2.75) is 63.7 Å². The first-order valence-electron chi connectivity index (χ1n) is 14.6. The van der Waals surface area contributed by atoms with Crippen LogP contribution in [0.2, 0.25) is 0 Å². The minimum Gasteiger partial charge on any atom is -0.326 e. The standard InChI is InChI=1S/C33H34F3N5O/c1-21-12-15-23(19-28(21)33(34,35)36)40-32(42)27-10-6-18-37-30(27)22-13-16-25(17-14-22)41(24-7-2-3-8-24)31-26-9-4-5-11-29(26)38-20-39-31/h4-5,9,11-17,19-20,24,27,30,37H,2-3,6-8,10,18H2,1H3,(H,40,42)/t27-,30-/m0/s1. The molecule has 6 rings (SSSR count). The maximum atomic E-state index is 13.4. The number of para-hydroxylation sites is 1. The molecule has 1 amide bonds. The number of hydrogen-bond donors (Lipinski definition) is 2. The number of nitrogens with zero attached hydrogens (tertiary/aromatic N) is 3. The highest BCUT2D eigenvalue weighted by Crippen LogP contribution is 2.39. The summed E-state index contributed by atoms with van der Waals surface area (Å²) in [7, 11) is 0. The molecule has 4 aromatic rings. The van der Waals surface area contributed by atoms with Gasteiger partial charge < -0.3 is 15.5 Å². The average Bonchev–Trinajstić information content (AvgIpc) is 3.53. The predicted octanol–water partition coefficient (Wildman–Crippen LogP) is 7.72.